The van der Waals surface area contributed by atoms with E-state index < -0.39 is 0 Å². The molecule has 1 aromatic carbocycles. The van der Waals surface area contributed by atoms with Crippen molar-refractivity contribution in [3.63, 3.8) is 0 Å². The lowest BCUT2D eigenvalue weighted by atomic mass is 10.1. The quantitative estimate of drug-likeness (QED) is 0.502. The number of hydrogen-bond donors (Lipinski definition) is 1. The Morgan fingerprint density at radius 1 is 0.923 bits per heavy atom. The van der Waals surface area contributed by atoms with Crippen LogP contribution in [0.4, 0.5) is 0 Å². The van der Waals surface area contributed by atoms with Crippen LogP contribution >= 0.6 is 22.7 Å². The molecule has 3 nitrogen and oxygen atoms in total. The molecule has 0 aliphatic rings. The first-order valence-electron chi connectivity index (χ1n) is 8.20. The van der Waals surface area contributed by atoms with E-state index in [9.17, 15) is 4.79 Å². The lowest BCUT2D eigenvalue weighted by Gasteiger charge is -2.07. The zero-order valence-corrected chi connectivity index (χ0v) is 15.5. The van der Waals surface area contributed by atoms with Crippen LogP contribution in [0.1, 0.15) is 15.9 Å². The van der Waals surface area contributed by atoms with Crippen molar-refractivity contribution in [2.75, 3.05) is 0 Å². The molecule has 4 rings (SSSR count). The largest absolute Gasteiger partial charge is 0.348 e. The van der Waals surface area contributed by atoms with Gasteiger partial charge in [0.2, 0.25) is 0 Å². The van der Waals surface area contributed by atoms with E-state index in [1.807, 2.05) is 60.0 Å². The molecule has 0 atom stereocenters. The summed E-state index contributed by atoms with van der Waals surface area (Å²) >= 11 is 3.35. The minimum atomic E-state index is -0.0720. The Labute approximate surface area is 160 Å². The topological polar surface area (TPSA) is 42.0 Å². The third kappa shape index (κ3) is 3.74. The van der Waals surface area contributed by atoms with Crippen molar-refractivity contribution < 1.29 is 4.79 Å². The molecule has 0 bridgehead atoms. The predicted octanol–water partition coefficient (Wildman–Crippen LogP) is 5.47. The van der Waals surface area contributed by atoms with Gasteiger partial charge in [-0.2, -0.15) is 0 Å². The number of amides is 1. The summed E-state index contributed by atoms with van der Waals surface area (Å²) < 4.78 is 0. The second-order valence-electron chi connectivity index (χ2n) is 5.76. The molecule has 0 saturated heterocycles. The highest BCUT2D eigenvalue weighted by atomic mass is 32.1. The van der Waals surface area contributed by atoms with Crippen molar-refractivity contribution in [1.82, 2.24) is 10.3 Å². The Bertz CT molecular complexity index is 991. The number of nitrogens with one attached hydrogen (secondary N) is 1. The van der Waals surface area contributed by atoms with Gasteiger partial charge in [-0.15, -0.1) is 22.7 Å². The van der Waals surface area contributed by atoms with Gasteiger partial charge in [-0.3, -0.25) is 9.78 Å². The first-order valence-corrected chi connectivity index (χ1v) is 9.96. The van der Waals surface area contributed by atoms with Crippen LogP contribution < -0.4 is 5.32 Å². The molecule has 4 aromatic rings. The van der Waals surface area contributed by atoms with E-state index in [0.717, 1.165) is 21.7 Å². The molecule has 0 spiro atoms. The molecule has 0 unspecified atom stereocenters. The summed E-state index contributed by atoms with van der Waals surface area (Å²) in [6.45, 7) is 0.479. The van der Waals surface area contributed by atoms with Gasteiger partial charge < -0.3 is 5.32 Å². The number of thiophene rings is 2. The molecule has 0 fully saturated rings. The maximum Gasteiger partial charge on any atom is 0.251 e. The van der Waals surface area contributed by atoms with E-state index in [4.69, 9.17) is 0 Å². The fourth-order valence-electron chi connectivity index (χ4n) is 2.66. The number of carbonyl (C=O) groups excluding carboxylic acids is 1. The second-order valence-corrected chi connectivity index (χ2v) is 7.66. The van der Waals surface area contributed by atoms with Crippen LogP contribution in [0.15, 0.2) is 77.6 Å². The zero-order valence-electron chi connectivity index (χ0n) is 13.9. The van der Waals surface area contributed by atoms with Gasteiger partial charge in [0.25, 0.3) is 5.91 Å². The molecular formula is C21H16N2OS2. The van der Waals surface area contributed by atoms with Crippen LogP contribution in [0, 0.1) is 0 Å². The van der Waals surface area contributed by atoms with Gasteiger partial charge in [0, 0.05) is 23.2 Å². The second kappa shape index (κ2) is 7.64. The summed E-state index contributed by atoms with van der Waals surface area (Å²) in [5, 5.41) is 7.07. The molecule has 1 N–H and O–H groups in total. The minimum Gasteiger partial charge on any atom is -0.348 e. The van der Waals surface area contributed by atoms with Crippen LogP contribution in [0.5, 0.6) is 0 Å². The highest BCUT2D eigenvalue weighted by molar-refractivity contribution is 7.13. The van der Waals surface area contributed by atoms with Gasteiger partial charge in [0.05, 0.1) is 10.6 Å². The van der Waals surface area contributed by atoms with Crippen molar-refractivity contribution in [1.29, 1.82) is 0 Å². The highest BCUT2D eigenvalue weighted by Gasteiger charge is 2.07. The molecule has 128 valence electrons. The third-order valence-electron chi connectivity index (χ3n) is 4.00. The SMILES string of the molecule is O=C(NCc1ccnc(-c2cccs2)c1)c1ccc(-c2cccs2)cc1. The standard InChI is InChI=1S/C21H16N2OS2/c24-21(17-7-5-16(6-8-17)19-3-1-11-25-19)23-14-15-9-10-22-18(13-15)20-4-2-12-26-20/h1-13H,14H2,(H,23,24). The molecule has 0 aliphatic heterocycles. The van der Waals surface area contributed by atoms with E-state index in [1.54, 1.807) is 28.9 Å². The molecule has 1 amide bonds. The highest BCUT2D eigenvalue weighted by Crippen LogP contribution is 2.25. The molecular weight excluding hydrogens is 360 g/mol. The van der Waals surface area contributed by atoms with E-state index in [1.165, 1.54) is 4.88 Å². The first-order chi connectivity index (χ1) is 12.8. The van der Waals surface area contributed by atoms with Crippen molar-refractivity contribution >= 4 is 28.6 Å². The van der Waals surface area contributed by atoms with Gasteiger partial charge >= 0.3 is 0 Å². The van der Waals surface area contributed by atoms with E-state index in [-0.39, 0.29) is 5.91 Å². The van der Waals surface area contributed by atoms with Crippen LogP contribution in [0.25, 0.3) is 21.0 Å². The Morgan fingerprint density at radius 2 is 1.65 bits per heavy atom. The van der Waals surface area contributed by atoms with Crippen LogP contribution in [0.3, 0.4) is 0 Å². The summed E-state index contributed by atoms with van der Waals surface area (Å²) in [6.07, 6.45) is 1.78. The Kier molecular flexibility index (Phi) is 4.91. The van der Waals surface area contributed by atoms with Crippen molar-refractivity contribution in [2.24, 2.45) is 0 Å². The van der Waals surface area contributed by atoms with Gasteiger partial charge in [-0.05, 0) is 58.3 Å². The molecule has 0 radical (unpaired) electrons. The summed E-state index contributed by atoms with van der Waals surface area (Å²) in [4.78, 5) is 19.1. The number of carbonyl (C=O) groups is 1. The monoisotopic (exact) mass is 376 g/mol. The normalized spacial score (nSPS) is 10.6. The zero-order chi connectivity index (χ0) is 17.8. The number of hydrogen-bond acceptors (Lipinski definition) is 4. The lowest BCUT2D eigenvalue weighted by molar-refractivity contribution is 0.0951. The Hall–Kier alpha value is -2.76. The average molecular weight is 377 g/mol. The molecule has 0 aliphatic carbocycles. The number of benzene rings is 1. The van der Waals surface area contributed by atoms with Gasteiger partial charge in [0.15, 0.2) is 0 Å². The van der Waals surface area contributed by atoms with Crippen molar-refractivity contribution in [2.45, 2.75) is 6.54 Å². The summed E-state index contributed by atoms with van der Waals surface area (Å²) in [5.41, 5.74) is 3.77. The maximum absolute atomic E-state index is 12.4. The number of nitrogens with zero attached hydrogens (tertiary/aromatic N) is 1. The molecule has 3 heterocycles. The molecule has 3 aromatic heterocycles. The Morgan fingerprint density at radius 3 is 2.35 bits per heavy atom. The van der Waals surface area contributed by atoms with Crippen molar-refractivity contribution in [3.8, 4) is 21.0 Å². The third-order valence-corrected chi connectivity index (χ3v) is 5.82. The van der Waals surface area contributed by atoms with Crippen molar-refractivity contribution in [3.05, 3.63) is 88.7 Å². The van der Waals surface area contributed by atoms with Crippen LogP contribution in [-0.2, 0) is 6.54 Å². The first kappa shape index (κ1) is 16.7. The minimum absolute atomic E-state index is 0.0720. The average Bonchev–Trinajstić information content (AvgIpc) is 3.40. The van der Waals surface area contributed by atoms with Crippen LogP contribution in [-0.4, -0.2) is 10.9 Å². The predicted molar refractivity (Wildman–Crippen MR) is 108 cm³/mol. The molecule has 5 heteroatoms. The smallest absolute Gasteiger partial charge is 0.251 e. The van der Waals surface area contributed by atoms with E-state index in [2.05, 4.69) is 21.7 Å². The lowest BCUT2D eigenvalue weighted by Crippen LogP contribution is -2.22. The summed E-state index contributed by atoms with van der Waals surface area (Å²) in [6, 6.07) is 19.8. The molecule has 0 saturated carbocycles. The Balaban J connectivity index is 1.42. The number of rotatable bonds is 5. The van der Waals surface area contributed by atoms with Gasteiger partial charge in [-0.1, -0.05) is 24.3 Å². The summed E-state index contributed by atoms with van der Waals surface area (Å²) in [7, 11) is 0. The maximum atomic E-state index is 12.4. The number of aromatic nitrogens is 1. The number of pyridine rings is 1. The van der Waals surface area contributed by atoms with Gasteiger partial charge in [-0.25, -0.2) is 0 Å². The van der Waals surface area contributed by atoms with Crippen LogP contribution in [0.2, 0.25) is 0 Å². The fraction of sp³-hybridized carbons (Fsp3) is 0.0476. The molecule has 26 heavy (non-hydrogen) atoms. The van der Waals surface area contributed by atoms with E-state index >= 15 is 0 Å². The summed E-state index contributed by atoms with van der Waals surface area (Å²) in [5.74, 6) is -0.0720. The van der Waals surface area contributed by atoms with E-state index in [0.29, 0.717) is 12.1 Å². The fourth-order valence-corrected chi connectivity index (χ4v) is 4.08. The van der Waals surface area contributed by atoms with Gasteiger partial charge in [0.1, 0.15) is 0 Å².